The molecule has 0 N–H and O–H groups in total. The van der Waals surface area contributed by atoms with Gasteiger partial charge in [0, 0.05) is 0 Å². The van der Waals surface area contributed by atoms with Crippen LogP contribution < -0.4 is 0 Å². The summed E-state index contributed by atoms with van der Waals surface area (Å²) in [5, 5.41) is 1.96. The molecule has 0 spiro atoms. The van der Waals surface area contributed by atoms with Crippen LogP contribution in [0.2, 0.25) is 0 Å². The average molecular weight is 292 g/mol. The molecule has 0 aliphatic heterocycles. The fourth-order valence-corrected chi connectivity index (χ4v) is 2.53. The maximum absolute atomic E-state index is 13.2. The minimum atomic E-state index is -4.24. The molecular weight excluding hydrogens is 273 g/mol. The van der Waals surface area contributed by atoms with Crippen LogP contribution in [0.15, 0.2) is 49.0 Å². The summed E-state index contributed by atoms with van der Waals surface area (Å²) >= 11 is 0. The number of allylic oxidation sites excluding steroid dienone is 1. The van der Waals surface area contributed by atoms with Gasteiger partial charge in [-0.2, -0.15) is 13.2 Å². The van der Waals surface area contributed by atoms with E-state index in [4.69, 9.17) is 0 Å². The highest BCUT2D eigenvalue weighted by Crippen LogP contribution is 2.39. The van der Waals surface area contributed by atoms with Gasteiger partial charge in [0.05, 0.1) is 5.92 Å². The second-order valence-corrected chi connectivity index (χ2v) is 5.32. The van der Waals surface area contributed by atoms with Gasteiger partial charge < -0.3 is 0 Å². The van der Waals surface area contributed by atoms with Gasteiger partial charge in [-0.05, 0) is 34.4 Å². The Morgan fingerprint density at radius 2 is 1.76 bits per heavy atom. The van der Waals surface area contributed by atoms with E-state index in [9.17, 15) is 13.2 Å². The molecule has 0 nitrogen and oxygen atoms in total. The van der Waals surface area contributed by atoms with Crippen molar-refractivity contribution in [3.63, 3.8) is 0 Å². The molecule has 112 valence electrons. The van der Waals surface area contributed by atoms with Gasteiger partial charge in [0.15, 0.2) is 0 Å². The summed E-state index contributed by atoms with van der Waals surface area (Å²) < 4.78 is 39.7. The summed E-state index contributed by atoms with van der Waals surface area (Å²) in [5.41, 5.74) is 0.744. The van der Waals surface area contributed by atoms with E-state index in [0.717, 1.165) is 17.2 Å². The predicted molar refractivity (Wildman–Crippen MR) is 82.1 cm³/mol. The fraction of sp³-hybridized carbons (Fsp3) is 0.333. The number of hydrogen-bond acceptors (Lipinski definition) is 0. The van der Waals surface area contributed by atoms with Crippen molar-refractivity contribution < 1.29 is 13.2 Å². The molecule has 0 heterocycles. The number of benzene rings is 2. The molecule has 0 bridgehead atoms. The van der Waals surface area contributed by atoms with Crippen LogP contribution in [0.25, 0.3) is 16.3 Å². The van der Waals surface area contributed by atoms with Crippen LogP contribution in [0, 0.1) is 5.92 Å². The lowest BCUT2D eigenvalue weighted by molar-refractivity contribution is -0.159. The third kappa shape index (κ3) is 3.66. The smallest absolute Gasteiger partial charge is 0.170 e. The highest BCUT2D eigenvalue weighted by molar-refractivity contribution is 5.86. The summed E-state index contributed by atoms with van der Waals surface area (Å²) in [6.07, 6.45) is -2.84. The summed E-state index contributed by atoms with van der Waals surface area (Å²) in [4.78, 5) is 0. The zero-order valence-corrected chi connectivity index (χ0v) is 12.1. The van der Waals surface area contributed by atoms with E-state index in [1.54, 1.807) is 12.1 Å². The fourth-order valence-electron chi connectivity index (χ4n) is 2.53. The van der Waals surface area contributed by atoms with E-state index in [-0.39, 0.29) is 12.0 Å². The van der Waals surface area contributed by atoms with Gasteiger partial charge in [0.25, 0.3) is 0 Å². The van der Waals surface area contributed by atoms with E-state index in [1.807, 2.05) is 37.3 Å². The second-order valence-electron chi connectivity index (χ2n) is 5.32. The van der Waals surface area contributed by atoms with Crippen molar-refractivity contribution >= 4 is 16.3 Å². The number of unbranched alkanes of at least 4 members (excludes halogenated alkanes) is 1. The zero-order chi connectivity index (χ0) is 15.5. The maximum atomic E-state index is 13.2. The molecule has 3 heteroatoms. The summed E-state index contributed by atoms with van der Waals surface area (Å²) in [5.74, 6) is -1.46. The second kappa shape index (κ2) is 6.33. The molecule has 2 rings (SSSR count). The Bertz CT molecular complexity index is 626. The topological polar surface area (TPSA) is 0 Å². The van der Waals surface area contributed by atoms with Crippen LogP contribution in [0.1, 0.15) is 31.7 Å². The minimum absolute atomic E-state index is 0.103. The molecular formula is C18H19F3. The van der Waals surface area contributed by atoms with Gasteiger partial charge in [-0.25, -0.2) is 0 Å². The molecule has 1 atom stereocenters. The zero-order valence-electron chi connectivity index (χ0n) is 12.1. The lowest BCUT2D eigenvalue weighted by Gasteiger charge is -2.23. The molecule has 0 fully saturated rings. The molecule has 0 aliphatic carbocycles. The Labute approximate surface area is 123 Å². The normalized spacial score (nSPS) is 13.3. The molecule has 0 amide bonds. The number of alkyl halides is 3. The Kier molecular flexibility index (Phi) is 4.71. The van der Waals surface area contributed by atoms with Gasteiger partial charge in [-0.1, -0.05) is 62.7 Å². The molecule has 0 radical (unpaired) electrons. The van der Waals surface area contributed by atoms with E-state index in [1.165, 1.54) is 0 Å². The molecule has 1 unspecified atom stereocenters. The van der Waals surface area contributed by atoms with Crippen molar-refractivity contribution in [3.8, 4) is 0 Å². The van der Waals surface area contributed by atoms with E-state index < -0.39 is 12.1 Å². The molecule has 0 saturated heterocycles. The largest absolute Gasteiger partial charge is 0.395 e. The van der Waals surface area contributed by atoms with Crippen LogP contribution in [0.3, 0.4) is 0 Å². The van der Waals surface area contributed by atoms with Crippen molar-refractivity contribution in [1.82, 2.24) is 0 Å². The molecule has 0 aliphatic rings. The maximum Gasteiger partial charge on any atom is 0.395 e. The van der Waals surface area contributed by atoms with E-state index >= 15 is 0 Å². The number of hydrogen-bond donors (Lipinski definition) is 0. The molecule has 21 heavy (non-hydrogen) atoms. The van der Waals surface area contributed by atoms with Crippen LogP contribution in [-0.4, -0.2) is 6.18 Å². The highest BCUT2D eigenvalue weighted by Gasteiger charge is 2.40. The number of fused-ring (bicyclic) bond motifs is 1. The molecule has 2 aromatic rings. The van der Waals surface area contributed by atoms with Crippen molar-refractivity contribution in [1.29, 1.82) is 0 Å². The van der Waals surface area contributed by atoms with Crippen LogP contribution in [0.5, 0.6) is 0 Å². The Morgan fingerprint density at radius 1 is 1.10 bits per heavy atom. The highest BCUT2D eigenvalue weighted by atomic mass is 19.4. The molecule has 0 aromatic heterocycles. The van der Waals surface area contributed by atoms with Crippen molar-refractivity contribution in [2.75, 3.05) is 0 Å². The lowest BCUT2D eigenvalue weighted by atomic mass is 9.88. The van der Waals surface area contributed by atoms with Gasteiger partial charge in [0.2, 0.25) is 0 Å². The first kappa shape index (κ1) is 15.6. The van der Waals surface area contributed by atoms with E-state index in [2.05, 4.69) is 6.58 Å². The van der Waals surface area contributed by atoms with Gasteiger partial charge in [-0.15, -0.1) is 0 Å². The summed E-state index contributed by atoms with van der Waals surface area (Å²) in [6.45, 7) is 5.63. The van der Waals surface area contributed by atoms with Crippen molar-refractivity contribution in [3.05, 3.63) is 54.6 Å². The first-order valence-corrected chi connectivity index (χ1v) is 7.18. The minimum Gasteiger partial charge on any atom is -0.170 e. The Morgan fingerprint density at radius 3 is 2.38 bits per heavy atom. The van der Waals surface area contributed by atoms with Gasteiger partial charge in [0.1, 0.15) is 0 Å². The summed E-state index contributed by atoms with van der Waals surface area (Å²) in [7, 11) is 0. The van der Waals surface area contributed by atoms with Gasteiger partial charge in [-0.3, -0.25) is 0 Å². The van der Waals surface area contributed by atoms with Crippen LogP contribution >= 0.6 is 0 Å². The summed E-state index contributed by atoms with van der Waals surface area (Å²) in [6, 6.07) is 13.0. The van der Waals surface area contributed by atoms with Crippen molar-refractivity contribution in [2.45, 2.75) is 32.4 Å². The predicted octanol–water partition coefficient (Wildman–Crippen LogP) is 6.22. The Balaban J connectivity index is 2.33. The van der Waals surface area contributed by atoms with Crippen LogP contribution in [0.4, 0.5) is 13.2 Å². The van der Waals surface area contributed by atoms with Crippen molar-refractivity contribution in [2.24, 2.45) is 5.92 Å². The third-order valence-electron chi connectivity index (χ3n) is 3.78. The van der Waals surface area contributed by atoms with E-state index in [0.29, 0.717) is 12.0 Å². The first-order chi connectivity index (χ1) is 9.93. The third-order valence-corrected chi connectivity index (χ3v) is 3.78. The molecule has 2 aromatic carbocycles. The SMILES string of the molecule is C=C(c1ccc2ccccc2c1)C(CCCC)C(F)(F)F. The number of rotatable bonds is 5. The Hall–Kier alpha value is -1.77. The monoisotopic (exact) mass is 292 g/mol. The quantitative estimate of drug-likeness (QED) is 0.613. The average Bonchev–Trinajstić information content (AvgIpc) is 2.45. The molecule has 0 saturated carbocycles. The van der Waals surface area contributed by atoms with Crippen LogP contribution in [-0.2, 0) is 0 Å². The standard InChI is InChI=1S/C18H19F3/c1-3-4-9-17(18(19,20)21)13(2)15-11-10-14-7-5-6-8-16(14)12-15/h5-8,10-12,17H,2-4,9H2,1H3. The first-order valence-electron chi connectivity index (χ1n) is 7.18. The lowest BCUT2D eigenvalue weighted by Crippen LogP contribution is -2.24. The van der Waals surface area contributed by atoms with Gasteiger partial charge >= 0.3 is 6.18 Å². The number of halogens is 3.